The molecule has 2 rings (SSSR count). The van der Waals surface area contributed by atoms with Crippen molar-refractivity contribution in [3.63, 3.8) is 0 Å². The smallest absolute Gasteiger partial charge is 0.245 e. The number of para-hydroxylation sites is 2. The van der Waals surface area contributed by atoms with Gasteiger partial charge in [0, 0.05) is 48.0 Å². The number of nitrogens with one attached hydrogen (secondary N) is 4. The van der Waals surface area contributed by atoms with E-state index in [0.717, 1.165) is 48.5 Å². The summed E-state index contributed by atoms with van der Waals surface area (Å²) in [6.45, 7) is 5.03. The van der Waals surface area contributed by atoms with Gasteiger partial charge >= 0.3 is 0 Å². The number of carbonyl (C=O) groups is 2. The number of hydrogen-bond donors (Lipinski definition) is 4. The highest BCUT2D eigenvalue weighted by Gasteiger charge is 2.00. The lowest BCUT2D eigenvalue weighted by Gasteiger charge is -2.08. The summed E-state index contributed by atoms with van der Waals surface area (Å²) < 4.78 is 0. The number of carbonyl (C=O) groups excluding carboxylic acids is 2. The van der Waals surface area contributed by atoms with Crippen LogP contribution in [0.3, 0.4) is 0 Å². The largest absolute Gasteiger partial charge is 0.359 e. The molecular weight excluding hydrogens is 400 g/mol. The molecule has 0 heterocycles. The van der Waals surface area contributed by atoms with E-state index >= 15 is 0 Å². The van der Waals surface area contributed by atoms with E-state index < -0.39 is 0 Å². The lowest BCUT2D eigenvalue weighted by Crippen LogP contribution is -2.24. The number of rotatable bonds is 13. The molecule has 0 spiro atoms. The standard InChI is InChI=1S/C26H34N4O2/c1-21(29-23-13-7-5-8-14-23)19-25(31)27-17-11-3-4-12-18-28-26(32)20-22(2)30-24-15-9-6-10-16-24/h5-10,13-16,19-20,29-30H,3-4,11-12,17-18H2,1-2H3,(H,27,31)(H,28,32)/b21-19-,22-20-. The molecule has 2 aromatic rings. The fourth-order valence-corrected chi connectivity index (χ4v) is 3.09. The van der Waals surface area contributed by atoms with Crippen LogP contribution in [0.15, 0.2) is 84.2 Å². The van der Waals surface area contributed by atoms with Crippen LogP contribution in [0.1, 0.15) is 39.5 Å². The zero-order chi connectivity index (χ0) is 23.0. The zero-order valence-electron chi connectivity index (χ0n) is 19.0. The Balaban J connectivity index is 1.50. The summed E-state index contributed by atoms with van der Waals surface area (Å²) in [5.41, 5.74) is 3.51. The van der Waals surface area contributed by atoms with Gasteiger partial charge in [-0.1, -0.05) is 49.2 Å². The van der Waals surface area contributed by atoms with Crippen LogP contribution in [0.25, 0.3) is 0 Å². The van der Waals surface area contributed by atoms with Crippen LogP contribution in [-0.2, 0) is 9.59 Å². The number of anilines is 2. The first-order valence-corrected chi connectivity index (χ1v) is 11.1. The van der Waals surface area contributed by atoms with Gasteiger partial charge in [-0.25, -0.2) is 0 Å². The van der Waals surface area contributed by atoms with Gasteiger partial charge in [-0.15, -0.1) is 0 Å². The molecule has 170 valence electrons. The van der Waals surface area contributed by atoms with Crippen LogP contribution in [0, 0.1) is 0 Å². The molecular formula is C26H34N4O2. The molecule has 32 heavy (non-hydrogen) atoms. The number of benzene rings is 2. The molecule has 4 N–H and O–H groups in total. The van der Waals surface area contributed by atoms with Crippen molar-refractivity contribution in [1.82, 2.24) is 10.6 Å². The second kappa shape index (κ2) is 14.5. The summed E-state index contributed by atoms with van der Waals surface area (Å²) in [5, 5.41) is 12.2. The predicted molar refractivity (Wildman–Crippen MR) is 132 cm³/mol. The molecule has 0 aliphatic rings. The van der Waals surface area contributed by atoms with Crippen molar-refractivity contribution in [2.75, 3.05) is 23.7 Å². The van der Waals surface area contributed by atoms with E-state index in [1.54, 1.807) is 12.2 Å². The van der Waals surface area contributed by atoms with Gasteiger partial charge in [0.25, 0.3) is 0 Å². The summed E-state index contributed by atoms with van der Waals surface area (Å²) in [6, 6.07) is 19.5. The fourth-order valence-electron chi connectivity index (χ4n) is 3.09. The van der Waals surface area contributed by atoms with E-state index in [4.69, 9.17) is 0 Å². The minimum absolute atomic E-state index is 0.0931. The summed E-state index contributed by atoms with van der Waals surface area (Å²) in [4.78, 5) is 23.9. The van der Waals surface area contributed by atoms with Gasteiger partial charge in [0.2, 0.25) is 11.8 Å². The Morgan fingerprint density at radius 2 is 1.00 bits per heavy atom. The van der Waals surface area contributed by atoms with E-state index in [2.05, 4.69) is 21.3 Å². The topological polar surface area (TPSA) is 82.3 Å². The summed E-state index contributed by atoms with van der Waals surface area (Å²) in [7, 11) is 0. The third-order valence-electron chi connectivity index (χ3n) is 4.63. The van der Waals surface area contributed by atoms with Crippen LogP contribution >= 0.6 is 0 Å². The Morgan fingerprint density at radius 3 is 1.38 bits per heavy atom. The van der Waals surface area contributed by atoms with E-state index in [1.807, 2.05) is 74.5 Å². The minimum Gasteiger partial charge on any atom is -0.359 e. The fraction of sp³-hybridized carbons (Fsp3) is 0.308. The molecule has 6 heteroatoms. The SMILES string of the molecule is C/C(=C/C(=O)NCCCCCCNC(=O)/C=C(/C)Nc1ccccc1)Nc1ccccc1. The van der Waals surface area contributed by atoms with Crippen LogP contribution in [0.5, 0.6) is 0 Å². The Hall–Kier alpha value is -3.54. The average molecular weight is 435 g/mol. The third kappa shape index (κ3) is 11.0. The normalized spacial score (nSPS) is 11.6. The minimum atomic E-state index is -0.0931. The van der Waals surface area contributed by atoms with Crippen LogP contribution in [0.2, 0.25) is 0 Å². The molecule has 2 amide bonds. The van der Waals surface area contributed by atoms with Gasteiger partial charge in [0.1, 0.15) is 0 Å². The Morgan fingerprint density at radius 1 is 0.625 bits per heavy atom. The quantitative estimate of drug-likeness (QED) is 0.269. The average Bonchev–Trinajstić information content (AvgIpc) is 2.76. The molecule has 0 aliphatic heterocycles. The van der Waals surface area contributed by atoms with Gasteiger partial charge in [-0.05, 0) is 51.0 Å². The molecule has 2 aromatic carbocycles. The van der Waals surface area contributed by atoms with Gasteiger partial charge < -0.3 is 21.3 Å². The van der Waals surface area contributed by atoms with Crippen molar-refractivity contribution >= 4 is 23.2 Å². The molecule has 0 atom stereocenters. The summed E-state index contributed by atoms with van der Waals surface area (Å²) >= 11 is 0. The second-order valence-electron chi connectivity index (χ2n) is 7.63. The first kappa shape index (κ1) is 24.7. The Labute approximate surface area is 191 Å². The van der Waals surface area contributed by atoms with Gasteiger partial charge in [0.15, 0.2) is 0 Å². The van der Waals surface area contributed by atoms with E-state index in [1.165, 1.54) is 0 Å². The monoisotopic (exact) mass is 434 g/mol. The lowest BCUT2D eigenvalue weighted by molar-refractivity contribution is -0.117. The lowest BCUT2D eigenvalue weighted by atomic mass is 10.2. The molecule has 0 unspecified atom stereocenters. The molecule has 6 nitrogen and oxygen atoms in total. The van der Waals surface area contributed by atoms with Crippen molar-refractivity contribution in [3.8, 4) is 0 Å². The maximum Gasteiger partial charge on any atom is 0.245 e. The van der Waals surface area contributed by atoms with Crippen molar-refractivity contribution in [2.45, 2.75) is 39.5 Å². The molecule has 0 bridgehead atoms. The summed E-state index contributed by atoms with van der Waals surface area (Å²) in [5.74, 6) is -0.186. The number of hydrogen-bond acceptors (Lipinski definition) is 4. The molecule has 0 fully saturated rings. The maximum absolute atomic E-state index is 12.0. The van der Waals surface area contributed by atoms with Crippen molar-refractivity contribution in [3.05, 3.63) is 84.2 Å². The Kier molecular flexibility index (Phi) is 11.2. The van der Waals surface area contributed by atoms with Gasteiger partial charge in [-0.2, -0.15) is 0 Å². The number of allylic oxidation sites excluding steroid dienone is 2. The molecule has 0 aliphatic carbocycles. The Bertz CT molecular complexity index is 817. The molecule has 0 radical (unpaired) electrons. The molecule has 0 aromatic heterocycles. The van der Waals surface area contributed by atoms with Crippen molar-refractivity contribution in [1.29, 1.82) is 0 Å². The predicted octanol–water partition coefficient (Wildman–Crippen LogP) is 4.81. The van der Waals surface area contributed by atoms with E-state index in [-0.39, 0.29) is 11.8 Å². The van der Waals surface area contributed by atoms with Crippen LogP contribution < -0.4 is 21.3 Å². The van der Waals surface area contributed by atoms with Crippen LogP contribution in [0.4, 0.5) is 11.4 Å². The number of unbranched alkanes of at least 4 members (excludes halogenated alkanes) is 3. The van der Waals surface area contributed by atoms with Gasteiger partial charge in [0.05, 0.1) is 0 Å². The van der Waals surface area contributed by atoms with Crippen molar-refractivity contribution < 1.29 is 9.59 Å². The second-order valence-corrected chi connectivity index (χ2v) is 7.63. The highest BCUT2D eigenvalue weighted by molar-refractivity contribution is 5.89. The molecule has 0 saturated heterocycles. The van der Waals surface area contributed by atoms with Crippen molar-refractivity contribution in [2.24, 2.45) is 0 Å². The first-order chi connectivity index (χ1) is 15.5. The van der Waals surface area contributed by atoms with Crippen LogP contribution in [-0.4, -0.2) is 24.9 Å². The highest BCUT2D eigenvalue weighted by atomic mass is 16.2. The zero-order valence-corrected chi connectivity index (χ0v) is 19.0. The summed E-state index contributed by atoms with van der Waals surface area (Å²) in [6.07, 6.45) is 6.99. The molecule has 0 saturated carbocycles. The van der Waals surface area contributed by atoms with Gasteiger partial charge in [-0.3, -0.25) is 9.59 Å². The van der Waals surface area contributed by atoms with E-state index in [9.17, 15) is 9.59 Å². The third-order valence-corrected chi connectivity index (χ3v) is 4.63. The first-order valence-electron chi connectivity index (χ1n) is 11.1. The maximum atomic E-state index is 12.0. The number of amides is 2. The van der Waals surface area contributed by atoms with E-state index in [0.29, 0.717) is 13.1 Å². The highest BCUT2D eigenvalue weighted by Crippen LogP contribution is 2.09.